The summed E-state index contributed by atoms with van der Waals surface area (Å²) in [5, 5.41) is 4.49. The summed E-state index contributed by atoms with van der Waals surface area (Å²) >= 11 is 0. The maximum absolute atomic E-state index is 5.47. The van der Waals surface area contributed by atoms with Crippen LogP contribution in [-0.4, -0.2) is 29.9 Å². The number of hydrazone groups is 1. The number of nitrogens with one attached hydrogen (secondary N) is 1. The summed E-state index contributed by atoms with van der Waals surface area (Å²) in [6.07, 6.45) is 0. The van der Waals surface area contributed by atoms with Crippen molar-refractivity contribution in [1.29, 1.82) is 0 Å². The van der Waals surface area contributed by atoms with Gasteiger partial charge in [-0.3, -0.25) is 0 Å². The third-order valence-electron chi connectivity index (χ3n) is 4.99. The van der Waals surface area contributed by atoms with Crippen LogP contribution < -0.4 is 14.9 Å². The second-order valence-electron chi connectivity index (χ2n) is 7.07. The van der Waals surface area contributed by atoms with Crippen LogP contribution in [0.5, 0.6) is 11.5 Å². The quantitative estimate of drug-likeness (QED) is 0.306. The van der Waals surface area contributed by atoms with Crippen LogP contribution >= 0.6 is 0 Å². The van der Waals surface area contributed by atoms with Crippen molar-refractivity contribution in [3.8, 4) is 34.0 Å². The van der Waals surface area contributed by atoms with Gasteiger partial charge in [-0.25, -0.2) is 15.4 Å². The molecule has 0 fully saturated rings. The minimum Gasteiger partial charge on any atom is -0.493 e. The van der Waals surface area contributed by atoms with Crippen molar-refractivity contribution in [3.05, 3.63) is 90.5 Å². The number of rotatable bonds is 7. The molecule has 4 aromatic rings. The Bertz CT molecular complexity index is 1230. The van der Waals surface area contributed by atoms with Gasteiger partial charge in [-0.2, -0.15) is 5.10 Å². The zero-order chi connectivity index (χ0) is 22.3. The van der Waals surface area contributed by atoms with Crippen molar-refractivity contribution in [3.63, 3.8) is 0 Å². The first-order valence-corrected chi connectivity index (χ1v) is 10.2. The Hall–Kier alpha value is -4.19. The largest absolute Gasteiger partial charge is 0.493 e. The van der Waals surface area contributed by atoms with Gasteiger partial charge in [-0.05, 0) is 36.8 Å². The number of aromatic nitrogens is 2. The molecule has 160 valence electrons. The molecule has 1 aromatic heterocycles. The van der Waals surface area contributed by atoms with Crippen LogP contribution in [0.15, 0.2) is 90.0 Å². The van der Waals surface area contributed by atoms with E-state index in [0.29, 0.717) is 17.4 Å². The lowest BCUT2D eigenvalue weighted by Gasteiger charge is -2.11. The van der Waals surface area contributed by atoms with Crippen LogP contribution in [-0.2, 0) is 0 Å². The Labute approximate surface area is 187 Å². The molecule has 0 spiro atoms. The molecule has 3 aromatic carbocycles. The molecular weight excluding hydrogens is 400 g/mol. The summed E-state index contributed by atoms with van der Waals surface area (Å²) in [4.78, 5) is 9.39. The summed E-state index contributed by atoms with van der Waals surface area (Å²) in [5.74, 6) is 1.71. The van der Waals surface area contributed by atoms with Crippen molar-refractivity contribution in [1.82, 2.24) is 9.97 Å². The third-order valence-corrected chi connectivity index (χ3v) is 4.99. The predicted octanol–water partition coefficient (Wildman–Crippen LogP) is 5.66. The van der Waals surface area contributed by atoms with Crippen molar-refractivity contribution in [2.75, 3.05) is 19.6 Å². The highest BCUT2D eigenvalue weighted by molar-refractivity contribution is 5.98. The zero-order valence-corrected chi connectivity index (χ0v) is 18.2. The fraction of sp³-hybridized carbons (Fsp3) is 0.115. The molecule has 0 radical (unpaired) electrons. The van der Waals surface area contributed by atoms with Gasteiger partial charge in [0.1, 0.15) is 0 Å². The average Bonchev–Trinajstić information content (AvgIpc) is 2.87. The highest BCUT2D eigenvalue weighted by Gasteiger charge is 2.12. The number of methoxy groups -OCH3 is 2. The second kappa shape index (κ2) is 9.75. The molecular formula is C26H24N4O2. The lowest BCUT2D eigenvalue weighted by molar-refractivity contribution is 0.355. The highest BCUT2D eigenvalue weighted by Crippen LogP contribution is 2.33. The van der Waals surface area contributed by atoms with E-state index in [1.165, 1.54) is 0 Å². The third kappa shape index (κ3) is 4.75. The van der Waals surface area contributed by atoms with E-state index in [0.717, 1.165) is 33.8 Å². The van der Waals surface area contributed by atoms with Gasteiger partial charge in [0.2, 0.25) is 5.95 Å². The summed E-state index contributed by atoms with van der Waals surface area (Å²) in [5.41, 5.74) is 8.30. The molecule has 1 heterocycles. The van der Waals surface area contributed by atoms with Gasteiger partial charge in [0, 0.05) is 11.1 Å². The van der Waals surface area contributed by atoms with Crippen molar-refractivity contribution >= 4 is 11.7 Å². The van der Waals surface area contributed by atoms with Crippen LogP contribution in [0.2, 0.25) is 0 Å². The Balaban J connectivity index is 1.75. The van der Waals surface area contributed by atoms with Gasteiger partial charge >= 0.3 is 0 Å². The molecule has 0 unspecified atom stereocenters. The lowest BCUT2D eigenvalue weighted by Crippen LogP contribution is -2.04. The number of hydrogen-bond donors (Lipinski definition) is 1. The summed E-state index contributed by atoms with van der Waals surface area (Å²) in [7, 11) is 3.23. The van der Waals surface area contributed by atoms with Crippen LogP contribution in [0.4, 0.5) is 5.95 Å². The predicted molar refractivity (Wildman–Crippen MR) is 128 cm³/mol. The first-order valence-electron chi connectivity index (χ1n) is 10.2. The van der Waals surface area contributed by atoms with E-state index in [1.807, 2.05) is 91.9 Å². The van der Waals surface area contributed by atoms with Gasteiger partial charge in [0.05, 0.1) is 31.3 Å². The smallest absolute Gasteiger partial charge is 0.244 e. The Morgan fingerprint density at radius 1 is 0.719 bits per heavy atom. The van der Waals surface area contributed by atoms with Crippen LogP contribution in [0, 0.1) is 0 Å². The number of ether oxygens (including phenoxy) is 2. The minimum atomic E-state index is 0.409. The minimum absolute atomic E-state index is 0.409. The van der Waals surface area contributed by atoms with Gasteiger partial charge in [-0.15, -0.1) is 0 Å². The normalized spacial score (nSPS) is 11.2. The van der Waals surface area contributed by atoms with E-state index in [4.69, 9.17) is 14.5 Å². The fourth-order valence-corrected chi connectivity index (χ4v) is 3.28. The van der Waals surface area contributed by atoms with Crippen LogP contribution in [0.25, 0.3) is 22.5 Å². The highest BCUT2D eigenvalue weighted by atomic mass is 16.5. The molecule has 0 saturated heterocycles. The molecule has 0 atom stereocenters. The fourth-order valence-electron chi connectivity index (χ4n) is 3.28. The van der Waals surface area contributed by atoms with Gasteiger partial charge in [0.15, 0.2) is 11.5 Å². The SMILES string of the molecule is COc1ccc(-c2cc(-c3ccccc3)nc(NN=C(C)c3ccccc3)n2)cc1OC. The molecule has 0 aliphatic carbocycles. The van der Waals surface area contributed by atoms with E-state index in [2.05, 4.69) is 15.5 Å². The summed E-state index contributed by atoms with van der Waals surface area (Å²) < 4.78 is 10.8. The monoisotopic (exact) mass is 424 g/mol. The molecule has 1 N–H and O–H groups in total. The standard InChI is InChI=1S/C26H24N4O2/c1-18(19-10-6-4-7-11-19)29-30-26-27-22(20-12-8-5-9-13-20)17-23(28-26)21-14-15-24(31-2)25(16-21)32-3/h4-17H,1-3H3,(H,27,28,30). The topological polar surface area (TPSA) is 68.6 Å². The van der Waals surface area contributed by atoms with E-state index in [1.54, 1.807) is 14.2 Å². The molecule has 0 saturated carbocycles. The van der Waals surface area contributed by atoms with Gasteiger partial charge in [0.25, 0.3) is 0 Å². The van der Waals surface area contributed by atoms with E-state index in [-0.39, 0.29) is 0 Å². The number of nitrogens with zero attached hydrogens (tertiary/aromatic N) is 3. The maximum atomic E-state index is 5.47. The second-order valence-corrected chi connectivity index (χ2v) is 7.07. The lowest BCUT2D eigenvalue weighted by atomic mass is 10.1. The Morgan fingerprint density at radius 2 is 1.34 bits per heavy atom. The van der Waals surface area contributed by atoms with Gasteiger partial charge in [-0.1, -0.05) is 60.7 Å². The molecule has 0 amide bonds. The van der Waals surface area contributed by atoms with Crippen LogP contribution in [0.1, 0.15) is 12.5 Å². The molecule has 32 heavy (non-hydrogen) atoms. The molecule has 0 aliphatic heterocycles. The molecule has 0 bridgehead atoms. The summed E-state index contributed by atoms with van der Waals surface area (Å²) in [6.45, 7) is 1.94. The van der Waals surface area contributed by atoms with Crippen molar-refractivity contribution in [2.45, 2.75) is 6.92 Å². The van der Waals surface area contributed by atoms with E-state index in [9.17, 15) is 0 Å². The number of anilines is 1. The molecule has 0 aliphatic rings. The number of hydrogen-bond acceptors (Lipinski definition) is 6. The zero-order valence-electron chi connectivity index (χ0n) is 18.2. The molecule has 6 nitrogen and oxygen atoms in total. The molecule has 4 rings (SSSR count). The van der Waals surface area contributed by atoms with Crippen LogP contribution in [0.3, 0.4) is 0 Å². The Morgan fingerprint density at radius 3 is 2.00 bits per heavy atom. The molecule has 6 heteroatoms. The van der Waals surface area contributed by atoms with Crippen molar-refractivity contribution < 1.29 is 9.47 Å². The summed E-state index contributed by atoms with van der Waals surface area (Å²) in [6, 6.07) is 27.6. The Kier molecular flexibility index (Phi) is 6.41. The first-order chi connectivity index (χ1) is 15.7. The van der Waals surface area contributed by atoms with E-state index >= 15 is 0 Å². The first kappa shape index (κ1) is 21.1. The maximum Gasteiger partial charge on any atom is 0.244 e. The number of benzene rings is 3. The average molecular weight is 425 g/mol. The van der Waals surface area contributed by atoms with Gasteiger partial charge < -0.3 is 9.47 Å². The van der Waals surface area contributed by atoms with E-state index < -0.39 is 0 Å². The van der Waals surface area contributed by atoms with Crippen molar-refractivity contribution in [2.24, 2.45) is 5.10 Å².